The lowest BCUT2D eigenvalue weighted by molar-refractivity contribution is -0.131. The first-order valence-corrected chi connectivity index (χ1v) is 10.0. The summed E-state index contributed by atoms with van der Waals surface area (Å²) in [5, 5.41) is 0. The maximum absolute atomic E-state index is 12.5. The molecule has 1 fully saturated rings. The van der Waals surface area contributed by atoms with E-state index >= 15 is 0 Å². The predicted octanol–water partition coefficient (Wildman–Crippen LogP) is 3.41. The molecule has 0 radical (unpaired) electrons. The highest BCUT2D eigenvalue weighted by Gasteiger charge is 2.23. The minimum atomic E-state index is -0.0194. The van der Waals surface area contributed by atoms with E-state index < -0.39 is 0 Å². The maximum Gasteiger partial charge on any atom is 0.223 e. The lowest BCUT2D eigenvalue weighted by Gasteiger charge is -2.36. The zero-order valence-electron chi connectivity index (χ0n) is 17.1. The Morgan fingerprint density at radius 2 is 1.62 bits per heavy atom. The molecule has 0 spiro atoms. The van der Waals surface area contributed by atoms with Crippen LogP contribution in [0.3, 0.4) is 0 Å². The summed E-state index contributed by atoms with van der Waals surface area (Å²) < 4.78 is 10.8. The van der Waals surface area contributed by atoms with Crippen LogP contribution in [0.25, 0.3) is 0 Å². The quantitative estimate of drug-likeness (QED) is 0.640. The van der Waals surface area contributed by atoms with Crippen molar-refractivity contribution in [2.75, 3.05) is 44.8 Å². The van der Waals surface area contributed by atoms with E-state index in [0.29, 0.717) is 25.3 Å². The van der Waals surface area contributed by atoms with Crippen molar-refractivity contribution in [2.45, 2.75) is 19.8 Å². The van der Waals surface area contributed by atoms with Gasteiger partial charge in [-0.25, -0.2) is 0 Å². The Balaban J connectivity index is 1.47. The van der Waals surface area contributed by atoms with Crippen molar-refractivity contribution in [1.82, 2.24) is 4.90 Å². The summed E-state index contributed by atoms with van der Waals surface area (Å²) in [6.07, 6.45) is 0.459. The van der Waals surface area contributed by atoms with Crippen LogP contribution >= 0.6 is 0 Å². The molecule has 1 aliphatic heterocycles. The molecule has 0 N–H and O–H groups in total. The van der Waals surface area contributed by atoms with Gasteiger partial charge in [0.1, 0.15) is 11.5 Å². The molecule has 1 saturated heterocycles. The van der Waals surface area contributed by atoms with Crippen LogP contribution in [0.5, 0.6) is 11.5 Å². The van der Waals surface area contributed by atoms with E-state index in [0.717, 1.165) is 30.3 Å². The number of nitrogens with zero attached hydrogens (tertiary/aromatic N) is 2. The Kier molecular flexibility index (Phi) is 7.11. The highest BCUT2D eigenvalue weighted by Crippen LogP contribution is 2.28. The van der Waals surface area contributed by atoms with Gasteiger partial charge in [0.05, 0.1) is 19.4 Å². The fourth-order valence-corrected chi connectivity index (χ4v) is 3.51. The van der Waals surface area contributed by atoms with Crippen molar-refractivity contribution in [1.29, 1.82) is 0 Å². The number of anilines is 1. The number of Topliss-reactive ketones (excluding diaryl/α,β-unsaturated/α-hetero) is 1. The lowest BCUT2D eigenvalue weighted by Crippen LogP contribution is -2.48. The number of hydrogen-bond donors (Lipinski definition) is 0. The van der Waals surface area contributed by atoms with Gasteiger partial charge < -0.3 is 19.3 Å². The topological polar surface area (TPSA) is 59.1 Å². The fraction of sp³-hybridized carbons (Fsp3) is 0.391. The average Bonchev–Trinajstić information content (AvgIpc) is 2.78. The Labute approximate surface area is 172 Å². The van der Waals surface area contributed by atoms with Gasteiger partial charge in [0.15, 0.2) is 5.78 Å². The molecule has 0 atom stereocenters. The van der Waals surface area contributed by atoms with E-state index in [1.807, 2.05) is 36.1 Å². The first-order chi connectivity index (χ1) is 14.1. The van der Waals surface area contributed by atoms with Crippen LogP contribution in [-0.2, 0) is 4.79 Å². The average molecular weight is 396 g/mol. The van der Waals surface area contributed by atoms with Crippen LogP contribution in [-0.4, -0.2) is 56.5 Å². The molecular weight excluding hydrogens is 368 g/mol. The van der Waals surface area contributed by atoms with Gasteiger partial charge in [-0.2, -0.15) is 0 Å². The first-order valence-electron chi connectivity index (χ1n) is 10.0. The number of ether oxygens (including phenoxy) is 2. The minimum absolute atomic E-state index is 0.0194. The lowest BCUT2D eigenvalue weighted by atomic mass is 10.1. The number of hydrogen-bond acceptors (Lipinski definition) is 5. The molecule has 6 heteroatoms. The maximum atomic E-state index is 12.5. The van der Waals surface area contributed by atoms with Gasteiger partial charge in [-0.15, -0.1) is 0 Å². The van der Waals surface area contributed by atoms with E-state index in [1.165, 1.54) is 0 Å². The van der Waals surface area contributed by atoms with E-state index in [-0.39, 0.29) is 24.5 Å². The second-order valence-electron chi connectivity index (χ2n) is 6.92. The zero-order chi connectivity index (χ0) is 20.6. The van der Waals surface area contributed by atoms with Crippen molar-refractivity contribution in [3.05, 3.63) is 54.1 Å². The molecule has 3 rings (SSSR count). The van der Waals surface area contributed by atoms with E-state index in [1.54, 1.807) is 31.4 Å². The number of benzene rings is 2. The van der Waals surface area contributed by atoms with Gasteiger partial charge in [-0.05, 0) is 43.3 Å². The third-order valence-electron chi connectivity index (χ3n) is 5.11. The van der Waals surface area contributed by atoms with Crippen LogP contribution in [0.15, 0.2) is 48.5 Å². The normalized spacial score (nSPS) is 13.9. The van der Waals surface area contributed by atoms with Gasteiger partial charge in [0.25, 0.3) is 0 Å². The SMILES string of the molecule is CCOc1ccc(C(=O)CCC(=O)N2CCN(c3ccccc3OC)CC2)cc1. The van der Waals surface area contributed by atoms with Gasteiger partial charge in [-0.1, -0.05) is 12.1 Å². The largest absolute Gasteiger partial charge is 0.495 e. The summed E-state index contributed by atoms with van der Waals surface area (Å²) in [4.78, 5) is 29.0. The molecule has 0 aliphatic carbocycles. The number of amides is 1. The minimum Gasteiger partial charge on any atom is -0.495 e. The summed E-state index contributed by atoms with van der Waals surface area (Å²) in [5.41, 5.74) is 1.66. The summed E-state index contributed by atoms with van der Waals surface area (Å²) in [6.45, 7) is 5.30. The standard InChI is InChI=1S/C23H28N2O4/c1-3-29-19-10-8-18(9-11-19)21(26)12-13-23(27)25-16-14-24(15-17-25)20-6-4-5-7-22(20)28-2/h4-11H,3,12-17H2,1-2H3. The molecule has 1 heterocycles. The van der Waals surface area contributed by atoms with Crippen LogP contribution < -0.4 is 14.4 Å². The summed E-state index contributed by atoms with van der Waals surface area (Å²) in [6, 6.07) is 15.0. The molecule has 0 unspecified atom stereocenters. The molecule has 2 aromatic carbocycles. The molecule has 0 saturated carbocycles. The fourth-order valence-electron chi connectivity index (χ4n) is 3.51. The van der Waals surface area contributed by atoms with Gasteiger partial charge in [0, 0.05) is 44.6 Å². The Morgan fingerprint density at radius 3 is 2.28 bits per heavy atom. The Morgan fingerprint density at radius 1 is 0.931 bits per heavy atom. The van der Waals surface area contributed by atoms with Crippen molar-refractivity contribution in [3.63, 3.8) is 0 Å². The molecule has 29 heavy (non-hydrogen) atoms. The summed E-state index contributed by atoms with van der Waals surface area (Å²) in [7, 11) is 1.67. The van der Waals surface area contributed by atoms with E-state index in [4.69, 9.17) is 9.47 Å². The second kappa shape index (κ2) is 9.96. The van der Waals surface area contributed by atoms with E-state index in [9.17, 15) is 9.59 Å². The third kappa shape index (κ3) is 5.28. The van der Waals surface area contributed by atoms with Crippen LogP contribution in [0.2, 0.25) is 0 Å². The number of piperazine rings is 1. The predicted molar refractivity (Wildman–Crippen MR) is 113 cm³/mol. The second-order valence-corrected chi connectivity index (χ2v) is 6.92. The third-order valence-corrected chi connectivity index (χ3v) is 5.11. The van der Waals surface area contributed by atoms with Crippen molar-refractivity contribution >= 4 is 17.4 Å². The number of para-hydroxylation sites is 2. The van der Waals surface area contributed by atoms with Crippen LogP contribution in [0.4, 0.5) is 5.69 Å². The van der Waals surface area contributed by atoms with Gasteiger partial charge in [-0.3, -0.25) is 9.59 Å². The summed E-state index contributed by atoms with van der Waals surface area (Å²) in [5.74, 6) is 1.60. The molecule has 1 aliphatic rings. The van der Waals surface area contributed by atoms with Gasteiger partial charge >= 0.3 is 0 Å². The highest BCUT2D eigenvalue weighted by molar-refractivity contribution is 5.98. The molecule has 0 aromatic heterocycles. The molecule has 2 aromatic rings. The number of methoxy groups -OCH3 is 1. The molecule has 0 bridgehead atoms. The van der Waals surface area contributed by atoms with Crippen molar-refractivity contribution in [2.24, 2.45) is 0 Å². The van der Waals surface area contributed by atoms with Crippen molar-refractivity contribution in [3.8, 4) is 11.5 Å². The monoisotopic (exact) mass is 396 g/mol. The highest BCUT2D eigenvalue weighted by atomic mass is 16.5. The summed E-state index contributed by atoms with van der Waals surface area (Å²) >= 11 is 0. The zero-order valence-corrected chi connectivity index (χ0v) is 17.1. The molecular formula is C23H28N2O4. The van der Waals surface area contributed by atoms with E-state index in [2.05, 4.69) is 4.90 Å². The Bertz CT molecular complexity index is 827. The molecule has 1 amide bonds. The van der Waals surface area contributed by atoms with Gasteiger partial charge in [0.2, 0.25) is 5.91 Å². The molecule has 6 nitrogen and oxygen atoms in total. The first kappa shape index (κ1) is 20.7. The Hall–Kier alpha value is -3.02. The van der Waals surface area contributed by atoms with Crippen LogP contribution in [0.1, 0.15) is 30.1 Å². The van der Waals surface area contributed by atoms with Crippen LogP contribution in [0, 0.1) is 0 Å². The van der Waals surface area contributed by atoms with Crippen molar-refractivity contribution < 1.29 is 19.1 Å². The number of ketones is 1. The number of rotatable bonds is 8. The molecule has 154 valence electrons. The smallest absolute Gasteiger partial charge is 0.223 e. The number of carbonyl (C=O) groups is 2. The number of carbonyl (C=O) groups excluding carboxylic acids is 2.